The molecule has 2 aliphatic rings. The van der Waals surface area contributed by atoms with Crippen molar-refractivity contribution in [1.29, 1.82) is 0 Å². The van der Waals surface area contributed by atoms with E-state index < -0.39 is 4.92 Å². The lowest BCUT2D eigenvalue weighted by molar-refractivity contribution is -0.384. The predicted octanol–water partition coefficient (Wildman–Crippen LogP) is 5.42. The summed E-state index contributed by atoms with van der Waals surface area (Å²) in [5, 5.41) is 15.8. The average Bonchev–Trinajstić information content (AvgIpc) is 3.52. The second-order valence-electron chi connectivity index (χ2n) is 10.4. The molecule has 2 atom stereocenters. The summed E-state index contributed by atoms with van der Waals surface area (Å²) < 4.78 is 13.2. The molecule has 2 saturated heterocycles. The first-order valence-corrected chi connectivity index (χ1v) is 14.2. The zero-order valence-electron chi connectivity index (χ0n) is 23.7. The number of nitrogens with one attached hydrogen (secondary N) is 1. The fourth-order valence-electron chi connectivity index (χ4n) is 6.02. The van der Waals surface area contributed by atoms with E-state index in [2.05, 4.69) is 50.4 Å². The Morgan fingerprint density at radius 2 is 1.79 bits per heavy atom. The van der Waals surface area contributed by atoms with Crippen molar-refractivity contribution in [3.05, 3.63) is 106 Å². The minimum absolute atomic E-state index is 0.00286. The highest BCUT2D eigenvalue weighted by Crippen LogP contribution is 2.44. The van der Waals surface area contributed by atoms with Crippen LogP contribution >= 0.6 is 12.2 Å². The highest BCUT2D eigenvalue weighted by molar-refractivity contribution is 7.80. The van der Waals surface area contributed by atoms with E-state index in [-0.39, 0.29) is 17.8 Å². The van der Waals surface area contributed by atoms with E-state index in [9.17, 15) is 10.1 Å². The van der Waals surface area contributed by atoms with E-state index in [0.29, 0.717) is 16.5 Å². The van der Waals surface area contributed by atoms with Gasteiger partial charge >= 0.3 is 0 Å². The van der Waals surface area contributed by atoms with Gasteiger partial charge in [-0.05, 0) is 80.2 Å². The maximum Gasteiger partial charge on any atom is 0.271 e. The molecule has 0 amide bonds. The number of nitrogens with zero attached hydrogens (tertiary/aromatic N) is 5. The molecule has 10 nitrogen and oxygen atoms in total. The summed E-state index contributed by atoms with van der Waals surface area (Å²) in [6.45, 7) is 7.19. The number of hydrogen-bond acceptors (Lipinski definition) is 7. The zero-order chi connectivity index (χ0) is 29.4. The molecule has 2 aliphatic heterocycles. The molecular formula is C31H32N6O4S. The Kier molecular flexibility index (Phi) is 7.53. The molecule has 0 spiro atoms. The summed E-state index contributed by atoms with van der Waals surface area (Å²) in [6.07, 6.45) is 1.79. The van der Waals surface area contributed by atoms with Crippen molar-refractivity contribution in [3.8, 4) is 11.4 Å². The fraction of sp³-hybridized carbons (Fsp3) is 0.290. The lowest BCUT2D eigenvalue weighted by Crippen LogP contribution is -2.36. The molecule has 216 valence electrons. The van der Waals surface area contributed by atoms with Crippen molar-refractivity contribution in [2.75, 3.05) is 43.2 Å². The van der Waals surface area contributed by atoms with Crippen LogP contribution < -0.4 is 19.9 Å². The summed E-state index contributed by atoms with van der Waals surface area (Å²) >= 11 is 5.95. The maximum absolute atomic E-state index is 11.6. The van der Waals surface area contributed by atoms with Crippen LogP contribution in [0.5, 0.6) is 5.75 Å². The van der Waals surface area contributed by atoms with Gasteiger partial charge < -0.3 is 29.2 Å². The van der Waals surface area contributed by atoms with Crippen molar-refractivity contribution in [2.24, 2.45) is 0 Å². The number of hydrogen-bond donors (Lipinski definition) is 1. The van der Waals surface area contributed by atoms with E-state index in [1.165, 1.54) is 6.07 Å². The summed E-state index contributed by atoms with van der Waals surface area (Å²) in [5.74, 6) is 0.547. The van der Waals surface area contributed by atoms with Gasteiger partial charge in [-0.2, -0.15) is 0 Å². The number of benzene rings is 2. The summed E-state index contributed by atoms with van der Waals surface area (Å²) in [6, 6.07) is 20.7. The Balaban J connectivity index is 1.46. The quantitative estimate of drug-likeness (QED) is 0.173. The minimum atomic E-state index is -0.392. The molecule has 11 heteroatoms. The number of anilines is 2. The first-order valence-electron chi connectivity index (χ1n) is 13.8. The van der Waals surface area contributed by atoms with E-state index in [4.69, 9.17) is 21.7 Å². The number of methoxy groups -OCH3 is 1. The smallest absolute Gasteiger partial charge is 0.271 e. The fourth-order valence-corrected chi connectivity index (χ4v) is 6.36. The standard InChI is InChI=1S/C31H32N6O4S/c1-20-18-25(21(2)35(20)27-19-24(37(38)39)11-12-28(27)40-3)30-29(26-6-4-5-13-32-26)33-31(42)36(30)23-9-7-22(8-10-23)34-14-16-41-17-15-34/h4-13,18-19,29-30H,14-17H2,1-3H3,(H,33,42)/t29-,30+/m0/s1. The van der Waals surface area contributed by atoms with Crippen molar-refractivity contribution >= 4 is 34.4 Å². The van der Waals surface area contributed by atoms with Crippen molar-refractivity contribution in [2.45, 2.75) is 25.9 Å². The molecular weight excluding hydrogens is 552 g/mol. The summed E-state index contributed by atoms with van der Waals surface area (Å²) in [5.41, 5.74) is 6.46. The van der Waals surface area contributed by atoms with Crippen LogP contribution in [0.3, 0.4) is 0 Å². The van der Waals surface area contributed by atoms with Crippen LogP contribution in [-0.2, 0) is 4.74 Å². The molecule has 2 fully saturated rings. The number of aromatic nitrogens is 2. The third-order valence-electron chi connectivity index (χ3n) is 8.01. The Hall–Kier alpha value is -4.48. The van der Waals surface area contributed by atoms with Crippen LogP contribution in [0.25, 0.3) is 5.69 Å². The molecule has 0 radical (unpaired) electrons. The zero-order valence-corrected chi connectivity index (χ0v) is 24.5. The number of non-ortho nitro benzene ring substituents is 1. The van der Waals surface area contributed by atoms with Crippen LogP contribution in [0.1, 0.15) is 34.7 Å². The van der Waals surface area contributed by atoms with Gasteiger partial charge in [-0.1, -0.05) is 6.07 Å². The van der Waals surface area contributed by atoms with Crippen molar-refractivity contribution in [3.63, 3.8) is 0 Å². The third kappa shape index (κ3) is 4.94. The lowest BCUT2D eigenvalue weighted by Gasteiger charge is -2.31. The van der Waals surface area contributed by atoms with E-state index in [1.54, 1.807) is 25.4 Å². The molecule has 2 aromatic heterocycles. The van der Waals surface area contributed by atoms with Gasteiger partial charge in [-0.15, -0.1) is 0 Å². The van der Waals surface area contributed by atoms with Gasteiger partial charge in [0.2, 0.25) is 0 Å². The Bertz CT molecular complexity index is 1620. The van der Waals surface area contributed by atoms with Gasteiger partial charge in [0.15, 0.2) is 5.11 Å². The van der Waals surface area contributed by atoms with Crippen LogP contribution in [0.15, 0.2) is 72.9 Å². The molecule has 2 aromatic carbocycles. The number of rotatable bonds is 7. The van der Waals surface area contributed by atoms with E-state index >= 15 is 0 Å². The Morgan fingerprint density at radius 3 is 2.45 bits per heavy atom. The van der Waals surface area contributed by atoms with Crippen molar-refractivity contribution in [1.82, 2.24) is 14.9 Å². The van der Waals surface area contributed by atoms with Gasteiger partial charge in [-0.25, -0.2) is 0 Å². The molecule has 4 heterocycles. The first-order chi connectivity index (χ1) is 20.4. The molecule has 0 saturated carbocycles. The SMILES string of the molecule is COc1ccc([N+](=O)[O-])cc1-n1c(C)cc([C@@H]2[C@H](c3ccccn3)NC(=S)N2c2ccc(N3CCOCC3)cc2)c1C. The van der Waals surface area contributed by atoms with Crippen LogP contribution in [0.4, 0.5) is 17.1 Å². The topological polar surface area (TPSA) is 97.9 Å². The molecule has 4 aromatic rings. The molecule has 6 rings (SSSR count). The van der Waals surface area contributed by atoms with Crippen molar-refractivity contribution < 1.29 is 14.4 Å². The number of aryl methyl sites for hydroxylation is 1. The first kappa shape index (κ1) is 27.7. The average molecular weight is 585 g/mol. The van der Waals surface area contributed by atoms with E-state index in [0.717, 1.165) is 60.3 Å². The number of thiocarbonyl (C=S) groups is 1. The highest BCUT2D eigenvalue weighted by Gasteiger charge is 2.42. The van der Waals surface area contributed by atoms with Gasteiger partial charge in [0.1, 0.15) is 5.75 Å². The van der Waals surface area contributed by atoms with Gasteiger partial charge in [0.05, 0.1) is 48.7 Å². The third-order valence-corrected chi connectivity index (χ3v) is 8.32. The number of ether oxygens (including phenoxy) is 2. The second-order valence-corrected chi connectivity index (χ2v) is 10.8. The van der Waals surface area contributed by atoms with Crippen LogP contribution in [0.2, 0.25) is 0 Å². The van der Waals surface area contributed by atoms with Gasteiger partial charge in [0, 0.05) is 54.2 Å². The summed E-state index contributed by atoms with van der Waals surface area (Å²) in [7, 11) is 1.57. The second kappa shape index (κ2) is 11.4. The molecule has 0 aliphatic carbocycles. The Labute approximate surface area is 249 Å². The molecule has 0 unspecified atom stereocenters. The number of nitro benzene ring substituents is 1. The molecule has 42 heavy (non-hydrogen) atoms. The highest BCUT2D eigenvalue weighted by atomic mass is 32.1. The monoisotopic (exact) mass is 584 g/mol. The number of morpholine rings is 1. The maximum atomic E-state index is 11.6. The van der Waals surface area contributed by atoms with E-state index in [1.807, 2.05) is 36.6 Å². The predicted molar refractivity (Wildman–Crippen MR) is 166 cm³/mol. The lowest BCUT2D eigenvalue weighted by atomic mass is 9.96. The molecule has 0 bridgehead atoms. The largest absolute Gasteiger partial charge is 0.495 e. The number of nitro groups is 1. The van der Waals surface area contributed by atoms with Gasteiger partial charge in [0.25, 0.3) is 5.69 Å². The van der Waals surface area contributed by atoms with Crippen LogP contribution in [-0.4, -0.2) is 53.0 Å². The Morgan fingerprint density at radius 1 is 1.05 bits per heavy atom. The summed E-state index contributed by atoms with van der Waals surface area (Å²) in [4.78, 5) is 20.4. The minimum Gasteiger partial charge on any atom is -0.495 e. The normalized spacial score (nSPS) is 18.7. The number of pyridine rings is 1. The van der Waals surface area contributed by atoms with Gasteiger partial charge in [-0.3, -0.25) is 15.1 Å². The molecule has 1 N–H and O–H groups in total. The van der Waals surface area contributed by atoms with Crippen LogP contribution in [0, 0.1) is 24.0 Å².